The fourth-order valence-electron chi connectivity index (χ4n) is 3.42. The predicted molar refractivity (Wildman–Crippen MR) is 105 cm³/mol. The average molecular weight is 395 g/mol. The maximum absolute atomic E-state index is 12.7. The summed E-state index contributed by atoms with van der Waals surface area (Å²) in [6, 6.07) is 15.0. The highest BCUT2D eigenvalue weighted by molar-refractivity contribution is 7.89. The minimum Gasteiger partial charge on any atom is -0.390 e. The van der Waals surface area contributed by atoms with E-state index in [9.17, 15) is 18.8 Å². The first-order valence-electron chi connectivity index (χ1n) is 9.03. The van der Waals surface area contributed by atoms with Gasteiger partial charge in [-0.05, 0) is 68.0 Å². The quantitative estimate of drug-likeness (QED) is 0.826. The van der Waals surface area contributed by atoms with Gasteiger partial charge in [-0.15, -0.1) is 0 Å². The third-order valence-corrected chi connectivity index (χ3v) is 6.67. The molecule has 2 N–H and O–H groups in total. The molecule has 1 saturated carbocycles. The fourth-order valence-corrected chi connectivity index (χ4v) is 4.72. The monoisotopic (exact) mass is 395 g/mol. The van der Waals surface area contributed by atoms with Crippen molar-refractivity contribution in [2.75, 3.05) is 0 Å². The van der Waals surface area contributed by atoms with E-state index < -0.39 is 15.6 Å². The zero-order valence-corrected chi connectivity index (χ0v) is 16.3. The molecule has 1 aliphatic rings. The van der Waals surface area contributed by atoms with Crippen molar-refractivity contribution in [3.63, 3.8) is 0 Å². The molecule has 0 radical (unpaired) electrons. The third kappa shape index (κ3) is 4.40. The second-order valence-electron chi connectivity index (χ2n) is 7.40. The highest BCUT2D eigenvalue weighted by atomic mass is 32.2. The third-order valence-electron chi connectivity index (χ3n) is 5.13. The van der Waals surface area contributed by atoms with Gasteiger partial charge in [-0.25, -0.2) is 13.1 Å². The van der Waals surface area contributed by atoms with Gasteiger partial charge in [-0.1, -0.05) is 18.2 Å². The van der Waals surface area contributed by atoms with E-state index in [1.807, 2.05) is 6.07 Å². The van der Waals surface area contributed by atoms with E-state index >= 15 is 0 Å². The maximum Gasteiger partial charge on any atom is 0.240 e. The molecule has 144 valence electrons. The lowest BCUT2D eigenvalue weighted by Crippen LogP contribution is -2.42. The van der Waals surface area contributed by atoms with Crippen molar-refractivity contribution in [1.82, 2.24) is 4.72 Å². The summed E-state index contributed by atoms with van der Waals surface area (Å²) in [5.41, 5.74) is 1.39. The SMILES string of the molecule is C[C@]1(O)CC[C@H](NS(=O)(=O)c2ccc(-c3ccc(C#N)cc3C#N)cc2)CC1. The maximum atomic E-state index is 12.7. The van der Waals surface area contributed by atoms with Gasteiger partial charge >= 0.3 is 0 Å². The number of sulfonamides is 1. The molecular formula is C21H21N3O3S. The minimum absolute atomic E-state index is 0.153. The summed E-state index contributed by atoms with van der Waals surface area (Å²) >= 11 is 0. The molecule has 2 aromatic rings. The van der Waals surface area contributed by atoms with Gasteiger partial charge in [0.2, 0.25) is 10.0 Å². The van der Waals surface area contributed by atoms with Crippen LogP contribution in [0.3, 0.4) is 0 Å². The molecule has 7 heteroatoms. The molecule has 3 rings (SSSR count). The zero-order valence-electron chi connectivity index (χ0n) is 15.5. The summed E-state index contributed by atoms with van der Waals surface area (Å²) in [7, 11) is -3.66. The molecule has 0 saturated heterocycles. The van der Waals surface area contributed by atoms with Crippen LogP contribution in [0.4, 0.5) is 0 Å². The van der Waals surface area contributed by atoms with Crippen molar-refractivity contribution >= 4 is 10.0 Å². The number of nitrogens with zero attached hydrogens (tertiary/aromatic N) is 2. The molecule has 1 fully saturated rings. The van der Waals surface area contributed by atoms with Crippen molar-refractivity contribution in [2.24, 2.45) is 0 Å². The summed E-state index contributed by atoms with van der Waals surface area (Å²) in [5, 5.41) is 28.3. The Balaban J connectivity index is 1.79. The molecule has 0 aromatic heterocycles. The topological polar surface area (TPSA) is 114 Å². The van der Waals surface area contributed by atoms with Crippen LogP contribution in [-0.4, -0.2) is 25.2 Å². The molecule has 0 atom stereocenters. The molecule has 0 amide bonds. The van der Waals surface area contributed by atoms with E-state index in [4.69, 9.17) is 5.26 Å². The summed E-state index contributed by atoms with van der Waals surface area (Å²) in [5.74, 6) is 0. The molecule has 1 aliphatic carbocycles. The van der Waals surface area contributed by atoms with E-state index in [0.717, 1.165) is 0 Å². The Morgan fingerprint density at radius 2 is 1.71 bits per heavy atom. The van der Waals surface area contributed by atoms with Gasteiger partial charge in [-0.2, -0.15) is 10.5 Å². The molecule has 6 nitrogen and oxygen atoms in total. The number of rotatable bonds is 4. The van der Waals surface area contributed by atoms with Crippen molar-refractivity contribution in [2.45, 2.75) is 49.1 Å². The smallest absolute Gasteiger partial charge is 0.240 e. The number of benzene rings is 2. The highest BCUT2D eigenvalue weighted by Crippen LogP contribution is 2.29. The van der Waals surface area contributed by atoms with Crippen LogP contribution in [0.15, 0.2) is 47.4 Å². The van der Waals surface area contributed by atoms with Gasteiger partial charge in [0.05, 0.1) is 33.8 Å². The lowest BCUT2D eigenvalue weighted by molar-refractivity contribution is 0.0163. The van der Waals surface area contributed by atoms with Gasteiger partial charge < -0.3 is 5.11 Å². The van der Waals surface area contributed by atoms with Crippen LogP contribution < -0.4 is 4.72 Å². The number of aliphatic hydroxyl groups is 1. The second-order valence-corrected chi connectivity index (χ2v) is 9.11. The van der Waals surface area contributed by atoms with Crippen LogP contribution in [0.1, 0.15) is 43.7 Å². The van der Waals surface area contributed by atoms with Gasteiger partial charge in [0, 0.05) is 6.04 Å². The normalized spacial score (nSPS) is 22.2. The Hall–Kier alpha value is -2.71. The standard InChI is InChI=1S/C21H21N3O3S/c1-21(25)10-8-18(9-11-21)24-28(26,27)19-5-3-16(4-6-19)20-7-2-15(13-22)12-17(20)14-23/h2-7,12,18,24-25H,8-11H2,1H3/t18-,21-. The molecule has 2 aromatic carbocycles. The number of hydrogen-bond donors (Lipinski definition) is 2. The molecule has 0 aliphatic heterocycles. The minimum atomic E-state index is -3.66. The second kappa shape index (κ2) is 7.73. The van der Waals surface area contributed by atoms with Crippen molar-refractivity contribution in [3.05, 3.63) is 53.6 Å². The van der Waals surface area contributed by atoms with Gasteiger partial charge in [0.25, 0.3) is 0 Å². The van der Waals surface area contributed by atoms with Crippen molar-refractivity contribution < 1.29 is 13.5 Å². The zero-order chi connectivity index (χ0) is 20.4. The Morgan fingerprint density at radius 1 is 1.07 bits per heavy atom. The first-order chi connectivity index (χ1) is 13.2. The first kappa shape index (κ1) is 20.0. The van der Waals surface area contributed by atoms with Crippen molar-refractivity contribution in [1.29, 1.82) is 10.5 Å². The van der Waals surface area contributed by atoms with Crippen LogP contribution in [0.2, 0.25) is 0 Å². The van der Waals surface area contributed by atoms with E-state index in [2.05, 4.69) is 10.8 Å². The van der Waals surface area contributed by atoms with Gasteiger partial charge in [0.15, 0.2) is 0 Å². The summed E-state index contributed by atoms with van der Waals surface area (Å²) in [6.45, 7) is 1.77. The van der Waals surface area contributed by atoms with Crippen LogP contribution in [-0.2, 0) is 10.0 Å². The molecule has 0 bridgehead atoms. The van der Waals surface area contributed by atoms with Crippen LogP contribution in [0, 0.1) is 22.7 Å². The highest BCUT2D eigenvalue weighted by Gasteiger charge is 2.31. The summed E-state index contributed by atoms with van der Waals surface area (Å²) in [4.78, 5) is 0.153. The summed E-state index contributed by atoms with van der Waals surface area (Å²) < 4.78 is 28.0. The number of nitrogens with one attached hydrogen (secondary N) is 1. The lowest BCUT2D eigenvalue weighted by Gasteiger charge is -2.33. The Labute approximate surface area is 165 Å². The molecule has 0 unspecified atom stereocenters. The van der Waals surface area contributed by atoms with E-state index in [1.165, 1.54) is 18.2 Å². The van der Waals surface area contributed by atoms with Gasteiger partial charge in [0.1, 0.15) is 0 Å². The Morgan fingerprint density at radius 3 is 2.29 bits per heavy atom. The van der Waals surface area contributed by atoms with E-state index in [0.29, 0.717) is 47.9 Å². The summed E-state index contributed by atoms with van der Waals surface area (Å²) in [6.07, 6.45) is 2.33. The molecule has 0 spiro atoms. The average Bonchev–Trinajstić information content (AvgIpc) is 2.69. The first-order valence-corrected chi connectivity index (χ1v) is 10.5. The van der Waals surface area contributed by atoms with Crippen LogP contribution >= 0.6 is 0 Å². The fraction of sp³-hybridized carbons (Fsp3) is 0.333. The Kier molecular flexibility index (Phi) is 5.53. The predicted octanol–water partition coefficient (Wildman–Crippen LogP) is 3.07. The van der Waals surface area contributed by atoms with E-state index in [-0.39, 0.29) is 10.9 Å². The number of nitriles is 2. The lowest BCUT2D eigenvalue weighted by atomic mass is 9.84. The number of hydrogen-bond acceptors (Lipinski definition) is 5. The Bertz CT molecular complexity index is 1050. The molecule has 28 heavy (non-hydrogen) atoms. The van der Waals surface area contributed by atoms with E-state index in [1.54, 1.807) is 31.2 Å². The molecule has 0 heterocycles. The van der Waals surface area contributed by atoms with Crippen LogP contribution in [0.5, 0.6) is 0 Å². The molecular weight excluding hydrogens is 374 g/mol. The van der Waals surface area contributed by atoms with Crippen molar-refractivity contribution in [3.8, 4) is 23.3 Å². The van der Waals surface area contributed by atoms with Gasteiger partial charge in [-0.3, -0.25) is 0 Å². The largest absolute Gasteiger partial charge is 0.390 e. The van der Waals surface area contributed by atoms with Crippen LogP contribution in [0.25, 0.3) is 11.1 Å².